The lowest BCUT2D eigenvalue weighted by atomic mass is 10.2. The molecule has 146 valence electrons. The first kappa shape index (κ1) is 21.9. The molecule has 1 aromatic rings. The van der Waals surface area contributed by atoms with Gasteiger partial charge in [-0.05, 0) is 38.8 Å². The van der Waals surface area contributed by atoms with Crippen LogP contribution in [0.15, 0.2) is 30.3 Å². The number of hydrazine groups is 2. The molecular weight excluding hydrogens is 332 g/mol. The van der Waals surface area contributed by atoms with Crippen molar-refractivity contribution in [2.45, 2.75) is 40.2 Å². The molecule has 1 rings (SSSR count). The van der Waals surface area contributed by atoms with Gasteiger partial charge in [0, 0.05) is 32.2 Å². The molecule has 2 N–H and O–H groups in total. The Morgan fingerprint density at radius 3 is 2.23 bits per heavy atom. The summed E-state index contributed by atoms with van der Waals surface area (Å²) < 4.78 is 5.30. The topological polar surface area (TPSA) is 73.9 Å². The first-order chi connectivity index (χ1) is 12.1. The third-order valence-corrected chi connectivity index (χ3v) is 3.27. The fraction of sp³-hybridized carbons (Fsp3) is 0.579. The lowest BCUT2D eigenvalue weighted by Crippen LogP contribution is -2.50. The predicted octanol–water partition coefficient (Wildman–Crippen LogP) is 2.66. The molecule has 0 spiro atoms. The third kappa shape index (κ3) is 9.39. The van der Waals surface area contributed by atoms with Crippen LogP contribution in [0.1, 0.15) is 45.0 Å². The maximum Gasteiger partial charge on any atom is 0.422 e. The van der Waals surface area contributed by atoms with E-state index in [1.165, 1.54) is 0 Å². The van der Waals surface area contributed by atoms with Crippen LogP contribution in [0.2, 0.25) is 0 Å². The average Bonchev–Trinajstić information content (AvgIpc) is 2.51. The molecule has 0 aliphatic carbocycles. The summed E-state index contributed by atoms with van der Waals surface area (Å²) in [6, 6.07) is 9.04. The van der Waals surface area contributed by atoms with Crippen LogP contribution in [0.5, 0.6) is 0 Å². The molecule has 1 aromatic carbocycles. The summed E-state index contributed by atoms with van der Waals surface area (Å²) in [5, 5.41) is 3.52. The van der Waals surface area contributed by atoms with Crippen LogP contribution in [-0.4, -0.2) is 54.3 Å². The van der Waals surface area contributed by atoms with Crippen molar-refractivity contribution < 1.29 is 14.3 Å². The number of rotatable bonds is 8. The predicted molar refractivity (Wildman–Crippen MR) is 102 cm³/mol. The maximum absolute atomic E-state index is 12.2. The Bertz CT molecular complexity index is 570. The second-order valence-electron chi connectivity index (χ2n) is 7.68. The molecule has 0 radical (unpaired) electrons. The van der Waals surface area contributed by atoms with Crippen molar-refractivity contribution in [1.29, 1.82) is 0 Å². The molecule has 26 heavy (non-hydrogen) atoms. The summed E-state index contributed by atoms with van der Waals surface area (Å²) in [5.41, 5.74) is 5.65. The highest BCUT2D eigenvalue weighted by Crippen LogP contribution is 2.07. The lowest BCUT2D eigenvalue weighted by Gasteiger charge is -2.29. The van der Waals surface area contributed by atoms with E-state index in [4.69, 9.17) is 4.74 Å². The quantitative estimate of drug-likeness (QED) is 0.694. The minimum Gasteiger partial charge on any atom is -0.443 e. The van der Waals surface area contributed by atoms with Gasteiger partial charge < -0.3 is 4.74 Å². The summed E-state index contributed by atoms with van der Waals surface area (Å²) in [6.07, 6.45) is -0.478. The van der Waals surface area contributed by atoms with E-state index in [0.29, 0.717) is 31.1 Å². The number of carbonyl (C=O) groups excluding carboxylic acids is 2. The monoisotopic (exact) mass is 364 g/mol. The van der Waals surface area contributed by atoms with Gasteiger partial charge in [-0.15, -0.1) is 0 Å². The standard InChI is InChI=1S/C19H32N4O3/c1-15(2)14-23(21-18(25)26-19(3,4)5)13-12-22(6)20-17(24)16-10-8-7-9-11-16/h7-11,15H,12-14H2,1-6H3,(H,20,24)(H,21,25). The van der Waals surface area contributed by atoms with Crippen molar-refractivity contribution in [1.82, 2.24) is 20.9 Å². The summed E-state index contributed by atoms with van der Waals surface area (Å²) in [5.74, 6) is 0.206. The summed E-state index contributed by atoms with van der Waals surface area (Å²) in [7, 11) is 1.79. The number of benzene rings is 1. The van der Waals surface area contributed by atoms with Gasteiger partial charge in [-0.3, -0.25) is 15.6 Å². The second kappa shape index (κ2) is 10.1. The maximum atomic E-state index is 12.2. The first-order valence-corrected chi connectivity index (χ1v) is 8.88. The minimum atomic E-state index is -0.548. The van der Waals surface area contributed by atoms with Crippen LogP contribution < -0.4 is 10.9 Å². The second-order valence-corrected chi connectivity index (χ2v) is 7.68. The van der Waals surface area contributed by atoms with Gasteiger partial charge in [0.05, 0.1) is 0 Å². The van der Waals surface area contributed by atoms with Gasteiger partial charge in [-0.25, -0.2) is 14.8 Å². The molecule has 0 unspecified atom stereocenters. The molecule has 2 amide bonds. The number of ether oxygens (including phenoxy) is 1. The molecule has 0 aliphatic heterocycles. The zero-order valence-electron chi connectivity index (χ0n) is 16.7. The highest BCUT2D eigenvalue weighted by atomic mass is 16.6. The number of amides is 2. The summed E-state index contributed by atoms with van der Waals surface area (Å²) >= 11 is 0. The Labute approximate surface area is 156 Å². The summed E-state index contributed by atoms with van der Waals surface area (Å²) in [4.78, 5) is 24.2. The molecule has 7 heteroatoms. The number of nitrogens with zero attached hydrogens (tertiary/aromatic N) is 2. The molecule has 0 aromatic heterocycles. The Kier molecular flexibility index (Phi) is 8.54. The highest BCUT2D eigenvalue weighted by Gasteiger charge is 2.19. The number of hydrogen-bond donors (Lipinski definition) is 2. The third-order valence-electron chi connectivity index (χ3n) is 3.27. The van der Waals surface area contributed by atoms with E-state index in [-0.39, 0.29) is 5.91 Å². The van der Waals surface area contributed by atoms with Gasteiger partial charge >= 0.3 is 6.09 Å². The highest BCUT2D eigenvalue weighted by molar-refractivity contribution is 5.93. The van der Waals surface area contributed by atoms with E-state index < -0.39 is 11.7 Å². The number of likely N-dealkylation sites (N-methyl/N-ethyl adjacent to an activating group) is 1. The van der Waals surface area contributed by atoms with Crippen LogP contribution in [-0.2, 0) is 4.74 Å². The Hall–Kier alpha value is -2.12. The minimum absolute atomic E-state index is 0.163. The Morgan fingerprint density at radius 2 is 1.69 bits per heavy atom. The van der Waals surface area contributed by atoms with Gasteiger partial charge in [-0.1, -0.05) is 32.0 Å². The van der Waals surface area contributed by atoms with Gasteiger partial charge in [0.15, 0.2) is 0 Å². The molecule has 0 atom stereocenters. The van der Waals surface area contributed by atoms with Crippen LogP contribution in [0, 0.1) is 5.92 Å². The molecule has 0 saturated heterocycles. The van der Waals surface area contributed by atoms with Crippen LogP contribution >= 0.6 is 0 Å². The lowest BCUT2D eigenvalue weighted by molar-refractivity contribution is 0.0284. The van der Waals surface area contributed by atoms with Gasteiger partial charge in [0.1, 0.15) is 5.60 Å². The van der Waals surface area contributed by atoms with Crippen molar-refractivity contribution >= 4 is 12.0 Å². The molecule has 7 nitrogen and oxygen atoms in total. The Morgan fingerprint density at radius 1 is 1.08 bits per heavy atom. The van der Waals surface area contributed by atoms with Gasteiger partial charge in [0.2, 0.25) is 0 Å². The van der Waals surface area contributed by atoms with E-state index in [1.54, 1.807) is 24.2 Å². The number of carbonyl (C=O) groups is 2. The van der Waals surface area contributed by atoms with Crippen LogP contribution in [0.3, 0.4) is 0 Å². The van der Waals surface area contributed by atoms with Crippen LogP contribution in [0.4, 0.5) is 4.79 Å². The van der Waals surface area contributed by atoms with Crippen LogP contribution in [0.25, 0.3) is 0 Å². The van der Waals surface area contributed by atoms with Gasteiger partial charge in [-0.2, -0.15) is 0 Å². The zero-order chi connectivity index (χ0) is 19.7. The first-order valence-electron chi connectivity index (χ1n) is 8.88. The number of nitrogens with one attached hydrogen (secondary N) is 2. The molecule has 0 bridgehead atoms. The average molecular weight is 364 g/mol. The molecule has 0 aliphatic rings. The van der Waals surface area contributed by atoms with E-state index in [2.05, 4.69) is 24.7 Å². The summed E-state index contributed by atoms with van der Waals surface area (Å²) in [6.45, 7) is 11.4. The fourth-order valence-corrected chi connectivity index (χ4v) is 2.22. The van der Waals surface area contributed by atoms with Crippen molar-refractivity contribution in [3.05, 3.63) is 35.9 Å². The van der Waals surface area contributed by atoms with Crippen molar-refractivity contribution in [2.24, 2.45) is 5.92 Å². The zero-order valence-corrected chi connectivity index (χ0v) is 16.7. The Balaban J connectivity index is 2.51. The smallest absolute Gasteiger partial charge is 0.422 e. The molecular formula is C19H32N4O3. The van der Waals surface area contributed by atoms with E-state index in [1.807, 2.05) is 44.0 Å². The van der Waals surface area contributed by atoms with E-state index in [9.17, 15) is 9.59 Å². The molecule has 0 saturated carbocycles. The largest absolute Gasteiger partial charge is 0.443 e. The molecule has 0 heterocycles. The van der Waals surface area contributed by atoms with E-state index in [0.717, 1.165) is 0 Å². The molecule has 0 fully saturated rings. The van der Waals surface area contributed by atoms with Gasteiger partial charge in [0.25, 0.3) is 5.91 Å². The van der Waals surface area contributed by atoms with Crippen molar-refractivity contribution in [2.75, 3.05) is 26.7 Å². The normalized spacial score (nSPS) is 11.7. The number of hydrogen-bond acceptors (Lipinski definition) is 5. The van der Waals surface area contributed by atoms with Crippen molar-refractivity contribution in [3.8, 4) is 0 Å². The van der Waals surface area contributed by atoms with E-state index >= 15 is 0 Å². The SMILES string of the molecule is CC(C)CN(CCN(C)NC(=O)c1ccccc1)NC(=O)OC(C)(C)C. The van der Waals surface area contributed by atoms with Crippen molar-refractivity contribution in [3.63, 3.8) is 0 Å². The fourth-order valence-electron chi connectivity index (χ4n) is 2.22.